The second-order valence-corrected chi connectivity index (χ2v) is 9.14. The molecular formula is C21H18F2N6O2S. The molecular weight excluding hydrogens is 438 g/mol. The molecule has 1 aliphatic rings. The van der Waals surface area contributed by atoms with E-state index in [0.717, 1.165) is 33.6 Å². The molecule has 1 aliphatic heterocycles. The van der Waals surface area contributed by atoms with Gasteiger partial charge in [-0.15, -0.1) is 0 Å². The topological polar surface area (TPSA) is 84.2 Å². The number of sulfonamides is 1. The van der Waals surface area contributed by atoms with Crippen molar-refractivity contribution in [3.63, 3.8) is 0 Å². The lowest BCUT2D eigenvalue weighted by atomic mass is 10.3. The maximum absolute atomic E-state index is 14.1. The molecule has 1 saturated heterocycles. The fourth-order valence-corrected chi connectivity index (χ4v) is 5.37. The van der Waals surface area contributed by atoms with Gasteiger partial charge in [0.1, 0.15) is 23.8 Å². The number of aromatic nitrogens is 4. The largest absolute Gasteiger partial charge is 0.353 e. The number of halogens is 2. The van der Waals surface area contributed by atoms with Crippen LogP contribution < -0.4 is 4.90 Å². The molecule has 0 bridgehead atoms. The summed E-state index contributed by atoms with van der Waals surface area (Å²) in [5.41, 5.74) is 1.49. The van der Waals surface area contributed by atoms with E-state index < -0.39 is 26.6 Å². The summed E-state index contributed by atoms with van der Waals surface area (Å²) in [5, 5.41) is 5.16. The Hall–Kier alpha value is -3.44. The highest BCUT2D eigenvalue weighted by molar-refractivity contribution is 7.89. The molecule has 2 aromatic heterocycles. The molecule has 164 valence electrons. The van der Waals surface area contributed by atoms with Crippen LogP contribution in [-0.4, -0.2) is 58.7 Å². The van der Waals surface area contributed by atoms with Gasteiger partial charge in [0.25, 0.3) is 0 Å². The van der Waals surface area contributed by atoms with Crippen LogP contribution in [0.2, 0.25) is 0 Å². The third-order valence-corrected chi connectivity index (χ3v) is 7.35. The molecule has 8 nitrogen and oxygen atoms in total. The Morgan fingerprint density at radius 3 is 2.22 bits per heavy atom. The van der Waals surface area contributed by atoms with Crippen LogP contribution in [0.25, 0.3) is 16.7 Å². The van der Waals surface area contributed by atoms with E-state index in [1.54, 1.807) is 10.9 Å². The molecule has 1 fully saturated rings. The van der Waals surface area contributed by atoms with Crippen molar-refractivity contribution in [3.05, 3.63) is 72.7 Å². The average molecular weight is 456 g/mol. The monoisotopic (exact) mass is 456 g/mol. The first-order valence-corrected chi connectivity index (χ1v) is 11.3. The van der Waals surface area contributed by atoms with Crippen LogP contribution in [-0.2, 0) is 10.0 Å². The molecule has 32 heavy (non-hydrogen) atoms. The van der Waals surface area contributed by atoms with E-state index in [1.165, 1.54) is 6.33 Å². The summed E-state index contributed by atoms with van der Waals surface area (Å²) >= 11 is 0. The maximum atomic E-state index is 14.1. The number of piperazine rings is 1. The zero-order valence-corrected chi connectivity index (χ0v) is 17.6. The van der Waals surface area contributed by atoms with Gasteiger partial charge in [0.2, 0.25) is 10.0 Å². The number of hydrogen-bond acceptors (Lipinski definition) is 6. The first kappa shape index (κ1) is 20.5. The van der Waals surface area contributed by atoms with Gasteiger partial charge in [-0.3, -0.25) is 0 Å². The number of anilines is 1. The Bertz CT molecular complexity index is 1370. The van der Waals surface area contributed by atoms with Crippen LogP contribution in [0.1, 0.15) is 0 Å². The highest BCUT2D eigenvalue weighted by Crippen LogP contribution is 2.28. The van der Waals surface area contributed by atoms with E-state index in [-0.39, 0.29) is 13.1 Å². The molecule has 0 aliphatic carbocycles. The van der Waals surface area contributed by atoms with E-state index in [9.17, 15) is 17.2 Å². The number of benzene rings is 2. The van der Waals surface area contributed by atoms with Crippen LogP contribution in [0.5, 0.6) is 0 Å². The quantitative estimate of drug-likeness (QED) is 0.470. The molecule has 0 saturated carbocycles. The van der Waals surface area contributed by atoms with Gasteiger partial charge < -0.3 is 4.90 Å². The summed E-state index contributed by atoms with van der Waals surface area (Å²) in [6.45, 7) is 0.735. The van der Waals surface area contributed by atoms with Gasteiger partial charge in [0, 0.05) is 26.2 Å². The molecule has 4 aromatic rings. The van der Waals surface area contributed by atoms with Gasteiger partial charge in [0.05, 0.1) is 17.3 Å². The molecule has 0 atom stereocenters. The van der Waals surface area contributed by atoms with Gasteiger partial charge in [-0.05, 0) is 24.3 Å². The molecule has 3 heterocycles. The third-order valence-electron chi connectivity index (χ3n) is 5.40. The molecule has 2 aromatic carbocycles. The summed E-state index contributed by atoms with van der Waals surface area (Å²) in [4.78, 5) is 9.75. The first-order valence-electron chi connectivity index (χ1n) is 9.90. The molecule has 0 amide bonds. The smallest absolute Gasteiger partial charge is 0.249 e. The lowest BCUT2D eigenvalue weighted by Gasteiger charge is -2.34. The van der Waals surface area contributed by atoms with Gasteiger partial charge in [-0.1, -0.05) is 24.3 Å². The van der Waals surface area contributed by atoms with Crippen molar-refractivity contribution in [1.29, 1.82) is 0 Å². The number of fused-ring (bicyclic) bond motifs is 1. The van der Waals surface area contributed by atoms with Crippen molar-refractivity contribution in [3.8, 4) is 5.69 Å². The normalized spacial score (nSPS) is 15.4. The first-order chi connectivity index (χ1) is 15.5. The van der Waals surface area contributed by atoms with Gasteiger partial charge in [-0.25, -0.2) is 31.8 Å². The molecule has 11 heteroatoms. The molecule has 0 N–H and O–H groups in total. The van der Waals surface area contributed by atoms with Crippen molar-refractivity contribution in [2.45, 2.75) is 4.90 Å². The predicted octanol–water partition coefficient (Wildman–Crippen LogP) is 2.60. The highest BCUT2D eigenvalue weighted by Gasteiger charge is 2.33. The fraction of sp³-hybridized carbons (Fsp3) is 0.190. The summed E-state index contributed by atoms with van der Waals surface area (Å²) in [5.74, 6) is -1.57. The van der Waals surface area contributed by atoms with E-state index in [0.29, 0.717) is 24.6 Å². The molecule has 5 rings (SSSR count). The minimum atomic E-state index is -4.30. The van der Waals surface area contributed by atoms with E-state index in [4.69, 9.17) is 0 Å². The number of hydrogen-bond donors (Lipinski definition) is 0. The lowest BCUT2D eigenvalue weighted by molar-refractivity contribution is 0.378. The van der Waals surface area contributed by atoms with Gasteiger partial charge in [0.15, 0.2) is 10.5 Å². The standard InChI is InChI=1S/C21H18F2N6O2S/c22-17-7-4-8-18(23)19(17)32(30,31)28-11-9-27(10-12-28)20-16-13-26-29(21(16)25-14-24-20)15-5-2-1-3-6-15/h1-8,13-14H,9-12H2. The number of rotatable bonds is 4. The maximum Gasteiger partial charge on any atom is 0.249 e. The van der Waals surface area contributed by atoms with E-state index in [2.05, 4.69) is 15.1 Å². The van der Waals surface area contributed by atoms with Gasteiger partial charge >= 0.3 is 0 Å². The van der Waals surface area contributed by atoms with Crippen LogP contribution in [0.15, 0.2) is 66.0 Å². The molecule has 0 radical (unpaired) electrons. The zero-order valence-electron chi connectivity index (χ0n) is 16.8. The van der Waals surface area contributed by atoms with Crippen molar-refractivity contribution < 1.29 is 17.2 Å². The fourth-order valence-electron chi connectivity index (χ4n) is 3.84. The molecule has 0 unspecified atom stereocenters. The summed E-state index contributed by atoms with van der Waals surface area (Å²) in [6.07, 6.45) is 3.12. The Kier molecular flexibility index (Phi) is 5.06. The molecule has 0 spiro atoms. The van der Waals surface area contributed by atoms with Crippen molar-refractivity contribution in [2.24, 2.45) is 0 Å². The van der Waals surface area contributed by atoms with Crippen molar-refractivity contribution in [1.82, 2.24) is 24.1 Å². The SMILES string of the molecule is O=S(=O)(c1c(F)cccc1F)N1CCN(c2ncnc3c2cnn3-c2ccccc2)CC1. The second kappa shape index (κ2) is 7.92. The zero-order chi connectivity index (χ0) is 22.3. The predicted molar refractivity (Wildman–Crippen MR) is 114 cm³/mol. The Labute approximate surface area is 182 Å². The van der Waals surface area contributed by atoms with Crippen LogP contribution in [0.4, 0.5) is 14.6 Å². The van der Waals surface area contributed by atoms with Crippen molar-refractivity contribution in [2.75, 3.05) is 31.1 Å². The highest BCUT2D eigenvalue weighted by atomic mass is 32.2. The average Bonchev–Trinajstić information content (AvgIpc) is 3.24. The number of para-hydroxylation sites is 1. The van der Waals surface area contributed by atoms with E-state index >= 15 is 0 Å². The lowest BCUT2D eigenvalue weighted by Crippen LogP contribution is -2.49. The van der Waals surface area contributed by atoms with Crippen LogP contribution in [0, 0.1) is 11.6 Å². The summed E-state index contributed by atoms with van der Waals surface area (Å²) in [6, 6.07) is 12.6. The van der Waals surface area contributed by atoms with Gasteiger partial charge in [-0.2, -0.15) is 9.40 Å². The second-order valence-electron chi connectivity index (χ2n) is 7.27. The minimum absolute atomic E-state index is 0.0639. The van der Waals surface area contributed by atoms with Crippen molar-refractivity contribution >= 4 is 26.9 Å². The summed E-state index contributed by atoms with van der Waals surface area (Å²) < 4.78 is 56.6. The summed E-state index contributed by atoms with van der Waals surface area (Å²) in [7, 11) is -4.30. The van der Waals surface area contributed by atoms with Crippen LogP contribution in [0.3, 0.4) is 0 Å². The Balaban J connectivity index is 1.41. The number of nitrogens with zero attached hydrogens (tertiary/aromatic N) is 6. The minimum Gasteiger partial charge on any atom is -0.353 e. The van der Waals surface area contributed by atoms with E-state index in [1.807, 2.05) is 35.2 Å². The Morgan fingerprint density at radius 1 is 0.844 bits per heavy atom. The van der Waals surface area contributed by atoms with Crippen LogP contribution >= 0.6 is 0 Å². The third kappa shape index (κ3) is 3.39. The Morgan fingerprint density at radius 2 is 1.53 bits per heavy atom.